The van der Waals surface area contributed by atoms with Gasteiger partial charge in [0.2, 0.25) is 5.91 Å². The number of aryl methyl sites for hydroxylation is 2. The molecule has 1 fully saturated rings. The van der Waals surface area contributed by atoms with Crippen molar-refractivity contribution in [3.63, 3.8) is 0 Å². The zero-order chi connectivity index (χ0) is 16.3. The van der Waals surface area contributed by atoms with E-state index in [0.717, 1.165) is 31.5 Å². The summed E-state index contributed by atoms with van der Waals surface area (Å²) in [6.07, 6.45) is 5.14. The fourth-order valence-corrected chi connectivity index (χ4v) is 3.31. The van der Waals surface area contributed by atoms with Crippen molar-refractivity contribution in [1.82, 2.24) is 20.4 Å². The van der Waals surface area contributed by atoms with Crippen LogP contribution in [0, 0.1) is 13.8 Å². The second kappa shape index (κ2) is 6.54. The maximum Gasteiger partial charge on any atom is 0.248 e. The predicted molar refractivity (Wildman–Crippen MR) is 90.1 cm³/mol. The van der Waals surface area contributed by atoms with Gasteiger partial charge in [-0.15, -0.1) is 0 Å². The minimum atomic E-state index is -0.576. The third-order valence-electron chi connectivity index (χ3n) is 4.73. The molecular weight excluding hydrogens is 288 g/mol. The Balaban J connectivity index is 1.77. The Bertz CT molecular complexity index is 672. The first-order valence-corrected chi connectivity index (χ1v) is 8.17. The van der Waals surface area contributed by atoms with Crippen molar-refractivity contribution in [2.45, 2.75) is 38.8 Å². The molecular formula is C18H24N4O. The first kappa shape index (κ1) is 15.7. The molecule has 0 atom stereocenters. The van der Waals surface area contributed by atoms with E-state index < -0.39 is 5.54 Å². The predicted octanol–water partition coefficient (Wildman–Crippen LogP) is 1.90. The van der Waals surface area contributed by atoms with Crippen LogP contribution in [0.3, 0.4) is 0 Å². The molecule has 1 aromatic carbocycles. The van der Waals surface area contributed by atoms with Crippen LogP contribution in [0.4, 0.5) is 0 Å². The number of rotatable bonds is 4. The number of piperidine rings is 1. The molecule has 0 radical (unpaired) electrons. The molecule has 1 aliphatic heterocycles. The van der Waals surface area contributed by atoms with Crippen LogP contribution in [0.15, 0.2) is 36.7 Å². The van der Waals surface area contributed by atoms with Crippen molar-refractivity contribution < 1.29 is 4.79 Å². The normalized spacial score (nSPS) is 17.0. The first-order chi connectivity index (χ1) is 11.1. The highest BCUT2D eigenvalue weighted by Gasteiger charge is 2.41. The van der Waals surface area contributed by atoms with Gasteiger partial charge < -0.3 is 10.6 Å². The van der Waals surface area contributed by atoms with Gasteiger partial charge in [-0.3, -0.25) is 9.48 Å². The molecule has 5 nitrogen and oxygen atoms in total. The fourth-order valence-electron chi connectivity index (χ4n) is 3.31. The number of nitrogens with one attached hydrogen (secondary N) is 2. The van der Waals surface area contributed by atoms with Crippen LogP contribution in [0.25, 0.3) is 0 Å². The maximum absolute atomic E-state index is 13.0. The van der Waals surface area contributed by atoms with Gasteiger partial charge >= 0.3 is 0 Å². The lowest BCUT2D eigenvalue weighted by atomic mass is 9.87. The molecule has 1 aromatic heterocycles. The quantitative estimate of drug-likeness (QED) is 0.906. The van der Waals surface area contributed by atoms with E-state index in [1.54, 1.807) is 6.20 Å². The van der Waals surface area contributed by atoms with Gasteiger partial charge in [-0.05, 0) is 57.0 Å². The van der Waals surface area contributed by atoms with Crippen molar-refractivity contribution in [2.24, 2.45) is 0 Å². The first-order valence-electron chi connectivity index (χ1n) is 8.17. The van der Waals surface area contributed by atoms with Gasteiger partial charge in [-0.2, -0.15) is 5.10 Å². The van der Waals surface area contributed by atoms with Crippen molar-refractivity contribution in [3.05, 3.63) is 53.3 Å². The molecule has 5 heteroatoms. The number of hydrogen-bond donors (Lipinski definition) is 2. The summed E-state index contributed by atoms with van der Waals surface area (Å²) < 4.78 is 1.82. The van der Waals surface area contributed by atoms with E-state index in [4.69, 9.17) is 0 Å². The van der Waals surface area contributed by atoms with E-state index in [9.17, 15) is 4.79 Å². The Morgan fingerprint density at radius 2 is 2.13 bits per heavy atom. The number of aromatic nitrogens is 2. The van der Waals surface area contributed by atoms with Crippen molar-refractivity contribution in [1.29, 1.82) is 0 Å². The van der Waals surface area contributed by atoms with Crippen LogP contribution in [0.1, 0.15) is 29.5 Å². The van der Waals surface area contributed by atoms with Gasteiger partial charge in [0.05, 0.1) is 0 Å². The lowest BCUT2D eigenvalue weighted by molar-refractivity contribution is -0.132. The number of nitrogens with zero attached hydrogens (tertiary/aromatic N) is 2. The zero-order valence-electron chi connectivity index (χ0n) is 13.8. The van der Waals surface area contributed by atoms with Crippen LogP contribution in [-0.2, 0) is 16.9 Å². The highest BCUT2D eigenvalue weighted by atomic mass is 16.2. The van der Waals surface area contributed by atoms with Gasteiger partial charge in [-0.1, -0.05) is 23.8 Å². The average molecular weight is 312 g/mol. The van der Waals surface area contributed by atoms with Crippen LogP contribution in [-0.4, -0.2) is 28.8 Å². The Kier molecular flexibility index (Phi) is 4.48. The molecule has 0 aliphatic carbocycles. The Hall–Kier alpha value is -2.14. The largest absolute Gasteiger partial charge is 0.350 e. The van der Waals surface area contributed by atoms with Crippen LogP contribution in [0.2, 0.25) is 0 Å². The molecule has 0 spiro atoms. The van der Waals surface area contributed by atoms with Gasteiger partial charge in [0.1, 0.15) is 5.54 Å². The third-order valence-corrected chi connectivity index (χ3v) is 4.73. The Morgan fingerprint density at radius 3 is 2.78 bits per heavy atom. The molecule has 3 rings (SSSR count). The number of benzene rings is 1. The second-order valence-electron chi connectivity index (χ2n) is 6.34. The Morgan fingerprint density at radius 1 is 1.35 bits per heavy atom. The van der Waals surface area contributed by atoms with Crippen LogP contribution >= 0.6 is 0 Å². The molecule has 2 heterocycles. The van der Waals surface area contributed by atoms with Gasteiger partial charge in [0.15, 0.2) is 0 Å². The molecule has 1 amide bonds. The maximum atomic E-state index is 13.0. The molecule has 1 aliphatic rings. The van der Waals surface area contributed by atoms with Gasteiger partial charge in [0.25, 0.3) is 0 Å². The molecule has 0 saturated carbocycles. The van der Waals surface area contributed by atoms with Gasteiger partial charge in [-0.25, -0.2) is 0 Å². The molecule has 1 saturated heterocycles. The molecule has 2 N–H and O–H groups in total. The van der Waals surface area contributed by atoms with E-state index in [0.29, 0.717) is 6.54 Å². The van der Waals surface area contributed by atoms with Crippen molar-refractivity contribution >= 4 is 5.91 Å². The summed E-state index contributed by atoms with van der Waals surface area (Å²) in [7, 11) is 0. The number of amides is 1. The number of hydrogen-bond acceptors (Lipinski definition) is 3. The zero-order valence-corrected chi connectivity index (χ0v) is 13.8. The minimum Gasteiger partial charge on any atom is -0.350 e. The summed E-state index contributed by atoms with van der Waals surface area (Å²) in [6, 6.07) is 8.20. The summed E-state index contributed by atoms with van der Waals surface area (Å²) in [4.78, 5) is 13.0. The van der Waals surface area contributed by atoms with E-state index in [1.165, 1.54) is 11.1 Å². The van der Waals surface area contributed by atoms with E-state index in [1.807, 2.05) is 16.9 Å². The topological polar surface area (TPSA) is 59.0 Å². The summed E-state index contributed by atoms with van der Waals surface area (Å²) in [5, 5.41) is 10.8. The van der Waals surface area contributed by atoms with E-state index >= 15 is 0 Å². The minimum absolute atomic E-state index is 0.0580. The molecule has 0 unspecified atom stereocenters. The molecule has 122 valence electrons. The number of carbonyl (C=O) groups is 1. The van der Waals surface area contributed by atoms with Gasteiger partial charge in [0, 0.05) is 18.9 Å². The summed E-state index contributed by atoms with van der Waals surface area (Å²) >= 11 is 0. The highest BCUT2D eigenvalue weighted by molar-refractivity contribution is 5.84. The Labute approximate surface area is 137 Å². The van der Waals surface area contributed by atoms with E-state index in [2.05, 4.69) is 47.8 Å². The lowest BCUT2D eigenvalue weighted by Crippen LogP contribution is -2.54. The van der Waals surface area contributed by atoms with Crippen molar-refractivity contribution in [3.8, 4) is 0 Å². The van der Waals surface area contributed by atoms with Crippen molar-refractivity contribution in [2.75, 3.05) is 13.1 Å². The van der Waals surface area contributed by atoms with Crippen LogP contribution < -0.4 is 10.6 Å². The summed E-state index contributed by atoms with van der Waals surface area (Å²) in [6.45, 7) is 6.38. The standard InChI is InChI=1S/C18H24N4O/c1-14-4-5-16(15(2)12-14)13-20-17(23)18(6-9-19-10-7-18)22-11-3-8-21-22/h3-5,8,11-12,19H,6-7,9-10,13H2,1-2H3,(H,20,23). The highest BCUT2D eigenvalue weighted by Crippen LogP contribution is 2.27. The monoisotopic (exact) mass is 312 g/mol. The molecule has 23 heavy (non-hydrogen) atoms. The molecule has 0 bridgehead atoms. The summed E-state index contributed by atoms with van der Waals surface area (Å²) in [5.74, 6) is 0.0580. The lowest BCUT2D eigenvalue weighted by Gasteiger charge is -2.36. The fraction of sp³-hybridized carbons (Fsp3) is 0.444. The van der Waals surface area contributed by atoms with E-state index in [-0.39, 0.29) is 5.91 Å². The van der Waals surface area contributed by atoms with Crippen LogP contribution in [0.5, 0.6) is 0 Å². The SMILES string of the molecule is Cc1ccc(CNC(=O)C2(n3cccn3)CCNCC2)c(C)c1. The third kappa shape index (κ3) is 3.15. The second-order valence-corrected chi connectivity index (χ2v) is 6.34. The number of carbonyl (C=O) groups excluding carboxylic acids is 1. The smallest absolute Gasteiger partial charge is 0.248 e. The molecule has 2 aromatic rings. The summed E-state index contributed by atoms with van der Waals surface area (Å²) in [5.41, 5.74) is 3.04. The average Bonchev–Trinajstić information content (AvgIpc) is 3.09.